The van der Waals surface area contributed by atoms with Crippen LogP contribution in [0.4, 0.5) is 5.13 Å². The third-order valence-corrected chi connectivity index (χ3v) is 4.22. The van der Waals surface area contributed by atoms with Crippen molar-refractivity contribution in [1.29, 1.82) is 0 Å². The molecule has 126 valence electrons. The molecule has 0 saturated heterocycles. The molecule has 0 aliphatic rings. The second-order valence-electron chi connectivity index (χ2n) is 4.92. The lowest BCUT2D eigenvalue weighted by Crippen LogP contribution is -2.10. The van der Waals surface area contributed by atoms with Crippen molar-refractivity contribution in [2.24, 2.45) is 5.73 Å². The monoisotopic (exact) mass is 374 g/mol. The molecule has 1 aromatic carbocycles. The van der Waals surface area contributed by atoms with Gasteiger partial charge in [0.05, 0.1) is 0 Å². The first kappa shape index (κ1) is 19.8. The van der Waals surface area contributed by atoms with Crippen LogP contribution in [0.25, 0.3) is 10.6 Å². The van der Waals surface area contributed by atoms with Gasteiger partial charge >= 0.3 is 0 Å². The number of nitrogens with one attached hydrogen (secondary N) is 1. The van der Waals surface area contributed by atoms with E-state index < -0.39 is 0 Å². The fourth-order valence-electron chi connectivity index (χ4n) is 1.98. The Morgan fingerprint density at radius 2 is 2.00 bits per heavy atom. The van der Waals surface area contributed by atoms with Gasteiger partial charge in [0.15, 0.2) is 0 Å². The summed E-state index contributed by atoms with van der Waals surface area (Å²) in [5, 5.41) is 12.8. The van der Waals surface area contributed by atoms with E-state index in [0.717, 1.165) is 36.3 Å². The van der Waals surface area contributed by atoms with Crippen LogP contribution in [0.1, 0.15) is 32.1 Å². The molecular formula is C15H20Cl2N4OS. The molecular weight excluding hydrogens is 355 g/mol. The van der Waals surface area contributed by atoms with Crippen LogP contribution in [-0.2, 0) is 4.79 Å². The highest BCUT2D eigenvalue weighted by Crippen LogP contribution is 2.28. The number of carbonyl (C=O) groups excluding carboxylic acids is 1. The minimum atomic E-state index is -0.0263. The third-order valence-electron chi connectivity index (χ3n) is 3.10. The van der Waals surface area contributed by atoms with Crippen molar-refractivity contribution >= 4 is 46.4 Å². The predicted molar refractivity (Wildman–Crippen MR) is 98.4 cm³/mol. The van der Waals surface area contributed by atoms with Crippen LogP contribution in [0.3, 0.4) is 0 Å². The number of benzene rings is 1. The lowest BCUT2D eigenvalue weighted by atomic mass is 10.1. The summed E-state index contributed by atoms with van der Waals surface area (Å²) >= 11 is 7.30. The first-order chi connectivity index (χ1) is 10.7. The number of amides is 1. The fourth-order valence-corrected chi connectivity index (χ4v) is 2.92. The Morgan fingerprint density at radius 3 is 2.74 bits per heavy atom. The molecule has 2 rings (SSSR count). The number of unbranched alkanes of at least 4 members (excludes halogenated alkanes) is 3. The molecule has 1 amide bonds. The van der Waals surface area contributed by atoms with E-state index in [9.17, 15) is 4.79 Å². The van der Waals surface area contributed by atoms with Gasteiger partial charge in [0.1, 0.15) is 5.01 Å². The molecule has 0 radical (unpaired) electrons. The van der Waals surface area contributed by atoms with Crippen LogP contribution in [0, 0.1) is 0 Å². The highest BCUT2D eigenvalue weighted by molar-refractivity contribution is 7.18. The van der Waals surface area contributed by atoms with Crippen LogP contribution in [0.2, 0.25) is 5.02 Å². The van der Waals surface area contributed by atoms with Crippen LogP contribution in [-0.4, -0.2) is 22.6 Å². The molecule has 0 atom stereocenters. The summed E-state index contributed by atoms with van der Waals surface area (Å²) in [7, 11) is 0. The Bertz CT molecular complexity index is 621. The zero-order chi connectivity index (χ0) is 15.8. The highest BCUT2D eigenvalue weighted by atomic mass is 35.5. The summed E-state index contributed by atoms with van der Waals surface area (Å²) in [6.45, 7) is 0.712. The van der Waals surface area contributed by atoms with Crippen molar-refractivity contribution in [1.82, 2.24) is 10.2 Å². The predicted octanol–water partition coefficient (Wildman–Crippen LogP) is 4.13. The molecule has 0 spiro atoms. The molecule has 3 N–H and O–H groups in total. The first-order valence-electron chi connectivity index (χ1n) is 7.28. The van der Waals surface area contributed by atoms with Gasteiger partial charge in [0.25, 0.3) is 0 Å². The molecule has 0 saturated carbocycles. The minimum absolute atomic E-state index is 0. The van der Waals surface area contributed by atoms with Gasteiger partial charge in [0, 0.05) is 17.0 Å². The minimum Gasteiger partial charge on any atom is -0.330 e. The molecule has 23 heavy (non-hydrogen) atoms. The van der Waals surface area contributed by atoms with Crippen LogP contribution in [0.5, 0.6) is 0 Å². The van der Waals surface area contributed by atoms with Gasteiger partial charge in [-0.25, -0.2) is 0 Å². The van der Waals surface area contributed by atoms with Crippen molar-refractivity contribution in [2.75, 3.05) is 11.9 Å². The van der Waals surface area contributed by atoms with Crippen LogP contribution >= 0.6 is 35.3 Å². The largest absolute Gasteiger partial charge is 0.330 e. The van der Waals surface area contributed by atoms with E-state index in [2.05, 4.69) is 15.5 Å². The van der Waals surface area contributed by atoms with E-state index in [1.807, 2.05) is 18.2 Å². The van der Waals surface area contributed by atoms with Crippen LogP contribution in [0.15, 0.2) is 24.3 Å². The number of halogens is 2. The van der Waals surface area contributed by atoms with Gasteiger partial charge in [-0.05, 0) is 31.5 Å². The second-order valence-corrected chi connectivity index (χ2v) is 6.34. The zero-order valence-corrected chi connectivity index (χ0v) is 15.0. The topological polar surface area (TPSA) is 80.9 Å². The Balaban J connectivity index is 0.00000264. The molecule has 0 unspecified atom stereocenters. The SMILES string of the molecule is Cl.NCCCCCCC(=O)Nc1nnc(-c2cccc(Cl)c2)s1. The maximum atomic E-state index is 11.8. The highest BCUT2D eigenvalue weighted by Gasteiger charge is 2.09. The smallest absolute Gasteiger partial charge is 0.226 e. The van der Waals surface area contributed by atoms with E-state index in [4.69, 9.17) is 17.3 Å². The van der Waals surface area contributed by atoms with Crippen molar-refractivity contribution in [3.63, 3.8) is 0 Å². The molecule has 8 heteroatoms. The lowest BCUT2D eigenvalue weighted by molar-refractivity contribution is -0.116. The molecule has 0 aliphatic heterocycles. The van der Waals surface area contributed by atoms with E-state index in [1.54, 1.807) is 6.07 Å². The standard InChI is InChI=1S/C15H19ClN4OS.ClH/c16-12-7-5-6-11(10-12)14-19-20-15(22-14)18-13(21)8-3-1-2-4-9-17;/h5-7,10H,1-4,8-9,17H2,(H,18,20,21);1H. The summed E-state index contributed by atoms with van der Waals surface area (Å²) in [4.78, 5) is 11.8. The Kier molecular flexibility index (Phi) is 9.09. The van der Waals surface area contributed by atoms with Crippen molar-refractivity contribution in [2.45, 2.75) is 32.1 Å². The second kappa shape index (κ2) is 10.5. The van der Waals surface area contributed by atoms with E-state index in [-0.39, 0.29) is 18.3 Å². The van der Waals surface area contributed by atoms with Crippen molar-refractivity contribution in [3.8, 4) is 10.6 Å². The number of hydrogen-bond acceptors (Lipinski definition) is 5. The number of nitrogens with zero attached hydrogens (tertiary/aromatic N) is 2. The summed E-state index contributed by atoms with van der Waals surface area (Å²) in [6, 6.07) is 7.40. The van der Waals surface area contributed by atoms with Gasteiger partial charge in [-0.1, -0.05) is 47.9 Å². The van der Waals surface area contributed by atoms with E-state index in [1.165, 1.54) is 11.3 Å². The molecule has 2 aromatic rings. The molecule has 1 aromatic heterocycles. The zero-order valence-electron chi connectivity index (χ0n) is 12.6. The number of rotatable bonds is 8. The summed E-state index contributed by atoms with van der Waals surface area (Å²) in [5.41, 5.74) is 6.33. The van der Waals surface area contributed by atoms with Crippen molar-refractivity contribution in [3.05, 3.63) is 29.3 Å². The quantitative estimate of drug-likeness (QED) is 0.680. The first-order valence-corrected chi connectivity index (χ1v) is 8.48. The van der Waals surface area contributed by atoms with Gasteiger partial charge in [-0.15, -0.1) is 22.6 Å². The Morgan fingerprint density at radius 1 is 1.22 bits per heavy atom. The molecule has 0 bridgehead atoms. The lowest BCUT2D eigenvalue weighted by Gasteiger charge is -2.01. The average molecular weight is 375 g/mol. The van der Waals surface area contributed by atoms with Crippen molar-refractivity contribution < 1.29 is 4.79 Å². The van der Waals surface area contributed by atoms with E-state index in [0.29, 0.717) is 23.1 Å². The molecule has 1 heterocycles. The number of nitrogens with two attached hydrogens (primary N) is 1. The molecule has 0 aliphatic carbocycles. The van der Waals surface area contributed by atoms with Gasteiger partial charge < -0.3 is 11.1 Å². The van der Waals surface area contributed by atoms with Gasteiger partial charge in [-0.2, -0.15) is 0 Å². The number of carbonyl (C=O) groups is 1. The molecule has 0 fully saturated rings. The Hall–Kier alpha value is -1.21. The molecule has 5 nitrogen and oxygen atoms in total. The number of anilines is 1. The summed E-state index contributed by atoms with van der Waals surface area (Å²) in [5.74, 6) is -0.0263. The third kappa shape index (κ3) is 6.83. The van der Waals surface area contributed by atoms with Gasteiger partial charge in [-0.3, -0.25) is 4.79 Å². The number of hydrogen-bond donors (Lipinski definition) is 2. The normalized spacial score (nSPS) is 10.2. The number of aromatic nitrogens is 2. The average Bonchev–Trinajstić information content (AvgIpc) is 2.95. The van der Waals surface area contributed by atoms with E-state index >= 15 is 0 Å². The Labute approximate surface area is 151 Å². The van der Waals surface area contributed by atoms with Gasteiger partial charge in [0.2, 0.25) is 11.0 Å². The maximum absolute atomic E-state index is 11.8. The maximum Gasteiger partial charge on any atom is 0.226 e. The fraction of sp³-hybridized carbons (Fsp3) is 0.400. The summed E-state index contributed by atoms with van der Waals surface area (Å²) in [6.07, 6.45) is 4.47. The van der Waals surface area contributed by atoms with Crippen LogP contribution < -0.4 is 11.1 Å². The summed E-state index contributed by atoms with van der Waals surface area (Å²) < 4.78 is 0.